The van der Waals surface area contributed by atoms with E-state index in [1.807, 2.05) is 24.3 Å². The zero-order chi connectivity index (χ0) is 22.8. The van der Waals surface area contributed by atoms with E-state index < -0.39 is 10.0 Å². The summed E-state index contributed by atoms with van der Waals surface area (Å²) in [6.07, 6.45) is 5.17. The van der Waals surface area contributed by atoms with Gasteiger partial charge in [-0.1, -0.05) is 42.5 Å². The van der Waals surface area contributed by atoms with Gasteiger partial charge < -0.3 is 14.6 Å². The topological polar surface area (TPSA) is 76.5 Å². The molecular formula is C25H30N4O3S. The number of ether oxygens (including phenoxy) is 1. The molecule has 174 valence electrons. The molecule has 0 spiro atoms. The van der Waals surface area contributed by atoms with Gasteiger partial charge in [-0.3, -0.25) is 0 Å². The van der Waals surface area contributed by atoms with E-state index in [9.17, 15) is 8.42 Å². The summed E-state index contributed by atoms with van der Waals surface area (Å²) in [5.74, 6) is 0.502. The van der Waals surface area contributed by atoms with Gasteiger partial charge >= 0.3 is 0 Å². The second-order valence-corrected chi connectivity index (χ2v) is 10.9. The largest absolute Gasteiger partial charge is 0.381 e. The molecule has 0 amide bonds. The summed E-state index contributed by atoms with van der Waals surface area (Å²) in [6.45, 7) is 2.36. The van der Waals surface area contributed by atoms with Crippen LogP contribution in [0.3, 0.4) is 0 Å². The molecule has 5 rings (SSSR count). The zero-order valence-corrected chi connectivity index (χ0v) is 19.6. The van der Waals surface area contributed by atoms with Crippen molar-refractivity contribution in [3.8, 4) is 11.1 Å². The van der Waals surface area contributed by atoms with E-state index in [-0.39, 0.29) is 17.0 Å². The van der Waals surface area contributed by atoms with Gasteiger partial charge in [0.25, 0.3) is 10.0 Å². The summed E-state index contributed by atoms with van der Waals surface area (Å²) in [5, 5.41) is 3.78. The number of aromatic nitrogens is 2. The fraction of sp³-hybridized carbons (Fsp3) is 0.400. The highest BCUT2D eigenvalue weighted by atomic mass is 32.2. The molecule has 1 aromatic heterocycles. The molecule has 0 aliphatic carbocycles. The Hall–Kier alpha value is -2.68. The van der Waals surface area contributed by atoms with Crippen molar-refractivity contribution >= 4 is 15.7 Å². The maximum absolute atomic E-state index is 13.3. The Kier molecular flexibility index (Phi) is 6.23. The second-order valence-electron chi connectivity index (χ2n) is 9.04. The molecule has 0 saturated carbocycles. The van der Waals surface area contributed by atoms with E-state index in [2.05, 4.69) is 40.6 Å². The molecule has 33 heavy (non-hydrogen) atoms. The quantitative estimate of drug-likeness (QED) is 0.601. The van der Waals surface area contributed by atoms with Gasteiger partial charge in [0, 0.05) is 51.3 Å². The lowest BCUT2D eigenvalue weighted by Gasteiger charge is -2.31. The molecule has 2 aromatic carbocycles. The number of anilines is 1. The number of sulfonamides is 1. The minimum Gasteiger partial charge on any atom is -0.381 e. The average Bonchev–Trinajstić information content (AvgIpc) is 3.48. The van der Waals surface area contributed by atoms with Crippen molar-refractivity contribution in [3.05, 3.63) is 67.1 Å². The highest BCUT2D eigenvalue weighted by molar-refractivity contribution is 7.89. The number of rotatable bonds is 6. The van der Waals surface area contributed by atoms with E-state index >= 15 is 0 Å². The van der Waals surface area contributed by atoms with E-state index in [1.54, 1.807) is 22.1 Å². The van der Waals surface area contributed by atoms with Crippen LogP contribution in [-0.2, 0) is 21.8 Å². The Morgan fingerprint density at radius 1 is 1.06 bits per heavy atom. The minimum atomic E-state index is -3.65. The van der Waals surface area contributed by atoms with Gasteiger partial charge in [0.2, 0.25) is 0 Å². The molecule has 2 aliphatic rings. The number of hydrogen-bond donors (Lipinski definition) is 1. The molecule has 2 saturated heterocycles. The SMILES string of the molecule is Cn1cnc(S(=O)(=O)N2C[C@H]([C@@H]3CCCOC3)[C@@H](Nc3cccc(-c4ccccc4)c3)C2)c1. The first-order chi connectivity index (χ1) is 16.0. The monoisotopic (exact) mass is 466 g/mol. The zero-order valence-electron chi connectivity index (χ0n) is 18.8. The highest BCUT2D eigenvalue weighted by Crippen LogP contribution is 2.35. The van der Waals surface area contributed by atoms with Crippen LogP contribution in [0.1, 0.15) is 12.8 Å². The van der Waals surface area contributed by atoms with Gasteiger partial charge in [-0.05, 0) is 47.9 Å². The van der Waals surface area contributed by atoms with Crippen LogP contribution in [0.25, 0.3) is 11.1 Å². The molecule has 0 bridgehead atoms. The van der Waals surface area contributed by atoms with E-state index in [1.165, 1.54) is 6.33 Å². The Morgan fingerprint density at radius 2 is 1.88 bits per heavy atom. The van der Waals surface area contributed by atoms with Gasteiger partial charge in [-0.2, -0.15) is 4.31 Å². The van der Waals surface area contributed by atoms with Crippen LogP contribution in [0.2, 0.25) is 0 Å². The van der Waals surface area contributed by atoms with Crippen LogP contribution < -0.4 is 5.32 Å². The summed E-state index contributed by atoms with van der Waals surface area (Å²) in [4.78, 5) is 4.11. The lowest BCUT2D eigenvalue weighted by atomic mass is 9.84. The molecular weight excluding hydrogens is 436 g/mol. The number of aryl methyl sites for hydroxylation is 1. The molecule has 1 N–H and O–H groups in total. The third-order valence-electron chi connectivity index (χ3n) is 6.74. The Labute approximate surface area is 195 Å². The summed E-state index contributed by atoms with van der Waals surface area (Å²) >= 11 is 0. The van der Waals surface area contributed by atoms with Crippen LogP contribution in [0, 0.1) is 11.8 Å². The molecule has 8 heteroatoms. The number of nitrogens with one attached hydrogen (secondary N) is 1. The number of imidazole rings is 1. The van der Waals surface area contributed by atoms with Crippen molar-refractivity contribution in [1.29, 1.82) is 0 Å². The van der Waals surface area contributed by atoms with Gasteiger partial charge in [-0.25, -0.2) is 13.4 Å². The fourth-order valence-corrected chi connectivity index (χ4v) is 6.48. The van der Waals surface area contributed by atoms with Crippen molar-refractivity contribution in [2.45, 2.75) is 23.9 Å². The third-order valence-corrected chi connectivity index (χ3v) is 8.46. The molecule has 3 atom stereocenters. The molecule has 2 aliphatic heterocycles. The molecule has 2 fully saturated rings. The van der Waals surface area contributed by atoms with Crippen LogP contribution in [0.5, 0.6) is 0 Å². The van der Waals surface area contributed by atoms with Crippen LogP contribution in [0.15, 0.2) is 72.1 Å². The van der Waals surface area contributed by atoms with Crippen molar-refractivity contribution in [2.24, 2.45) is 18.9 Å². The Morgan fingerprint density at radius 3 is 2.61 bits per heavy atom. The van der Waals surface area contributed by atoms with E-state index in [4.69, 9.17) is 4.74 Å². The first-order valence-corrected chi connectivity index (χ1v) is 12.9. The maximum atomic E-state index is 13.3. The summed E-state index contributed by atoms with van der Waals surface area (Å²) in [5.41, 5.74) is 3.29. The van der Waals surface area contributed by atoms with Gasteiger partial charge in [-0.15, -0.1) is 0 Å². The standard InChI is InChI=1S/C25H30N4O3S/c1-28-16-25(26-18-28)33(30,31)29-14-23(21-10-6-12-32-17-21)24(15-29)27-22-11-5-9-20(13-22)19-7-3-2-4-8-19/h2-5,7-9,11,13,16,18,21,23-24,27H,6,10,12,14-15,17H2,1H3/t21-,23-,24+/m1/s1. The van der Waals surface area contributed by atoms with Crippen molar-refractivity contribution in [1.82, 2.24) is 13.9 Å². The summed E-state index contributed by atoms with van der Waals surface area (Å²) in [6, 6.07) is 18.6. The van der Waals surface area contributed by atoms with Crippen LogP contribution >= 0.6 is 0 Å². The second kappa shape index (κ2) is 9.29. The average molecular weight is 467 g/mol. The molecule has 3 heterocycles. The Balaban J connectivity index is 1.41. The molecule has 3 aromatic rings. The van der Waals surface area contributed by atoms with Crippen LogP contribution in [-0.4, -0.2) is 54.6 Å². The van der Waals surface area contributed by atoms with Crippen LogP contribution in [0.4, 0.5) is 5.69 Å². The van der Waals surface area contributed by atoms with Crippen molar-refractivity contribution in [3.63, 3.8) is 0 Å². The lowest BCUT2D eigenvalue weighted by Crippen LogP contribution is -2.36. The maximum Gasteiger partial charge on any atom is 0.262 e. The highest BCUT2D eigenvalue weighted by Gasteiger charge is 2.43. The number of benzene rings is 2. The third kappa shape index (κ3) is 4.69. The molecule has 0 unspecified atom stereocenters. The van der Waals surface area contributed by atoms with E-state index in [0.717, 1.165) is 36.3 Å². The smallest absolute Gasteiger partial charge is 0.262 e. The first-order valence-electron chi connectivity index (χ1n) is 11.5. The number of nitrogens with zero attached hydrogens (tertiary/aromatic N) is 3. The van der Waals surface area contributed by atoms with E-state index in [0.29, 0.717) is 25.6 Å². The van der Waals surface area contributed by atoms with Gasteiger partial charge in [0.15, 0.2) is 5.03 Å². The fourth-order valence-electron chi connectivity index (χ4n) is 5.01. The first kappa shape index (κ1) is 22.1. The summed E-state index contributed by atoms with van der Waals surface area (Å²) in [7, 11) is -1.87. The van der Waals surface area contributed by atoms with Gasteiger partial charge in [0.1, 0.15) is 0 Å². The van der Waals surface area contributed by atoms with Gasteiger partial charge in [0.05, 0.1) is 6.33 Å². The summed E-state index contributed by atoms with van der Waals surface area (Å²) < 4.78 is 35.6. The number of hydrogen-bond acceptors (Lipinski definition) is 5. The van der Waals surface area contributed by atoms with Crippen molar-refractivity contribution < 1.29 is 13.2 Å². The molecule has 0 radical (unpaired) electrons. The molecule has 7 nitrogen and oxygen atoms in total. The normalized spacial score (nSPS) is 24.1. The predicted octanol–water partition coefficient (Wildman–Crippen LogP) is 3.61. The Bertz CT molecular complexity index is 1190. The predicted molar refractivity (Wildman–Crippen MR) is 128 cm³/mol. The van der Waals surface area contributed by atoms with Crippen molar-refractivity contribution in [2.75, 3.05) is 31.6 Å². The lowest BCUT2D eigenvalue weighted by molar-refractivity contribution is 0.0317. The minimum absolute atomic E-state index is 0.00112.